The third-order valence-electron chi connectivity index (χ3n) is 4.02. The fourth-order valence-corrected chi connectivity index (χ4v) is 2.82. The summed E-state index contributed by atoms with van der Waals surface area (Å²) in [6.45, 7) is 3.69. The quantitative estimate of drug-likeness (QED) is 0.909. The summed E-state index contributed by atoms with van der Waals surface area (Å²) in [7, 11) is 0. The van der Waals surface area contributed by atoms with Gasteiger partial charge in [0, 0.05) is 25.5 Å². The molecule has 1 saturated heterocycles. The second kappa shape index (κ2) is 5.44. The van der Waals surface area contributed by atoms with Gasteiger partial charge in [-0.1, -0.05) is 0 Å². The summed E-state index contributed by atoms with van der Waals surface area (Å²) in [4.78, 5) is 6.59. The number of rotatable bonds is 2. The van der Waals surface area contributed by atoms with Crippen molar-refractivity contribution in [2.24, 2.45) is 0 Å². The molecule has 0 bridgehead atoms. The van der Waals surface area contributed by atoms with Crippen molar-refractivity contribution in [2.75, 3.05) is 23.7 Å². The Bertz CT molecular complexity index is 676. The van der Waals surface area contributed by atoms with Crippen molar-refractivity contribution in [3.8, 4) is 6.07 Å². The molecule has 2 aromatic heterocycles. The van der Waals surface area contributed by atoms with Gasteiger partial charge in [-0.25, -0.2) is 4.98 Å². The van der Waals surface area contributed by atoms with Crippen LogP contribution in [0.15, 0.2) is 24.5 Å². The molecule has 108 valence electrons. The van der Waals surface area contributed by atoms with Crippen molar-refractivity contribution in [3.05, 3.63) is 35.7 Å². The Labute approximate surface area is 123 Å². The van der Waals surface area contributed by atoms with Gasteiger partial charge in [0.25, 0.3) is 0 Å². The summed E-state index contributed by atoms with van der Waals surface area (Å²) in [6, 6.07) is 6.34. The van der Waals surface area contributed by atoms with Crippen LogP contribution in [0.3, 0.4) is 0 Å². The summed E-state index contributed by atoms with van der Waals surface area (Å²) in [6.07, 6.45) is 5.65. The topological polar surface area (TPSA) is 83.8 Å². The van der Waals surface area contributed by atoms with Gasteiger partial charge in [-0.2, -0.15) is 10.4 Å². The van der Waals surface area contributed by atoms with E-state index in [4.69, 9.17) is 5.73 Å². The first kappa shape index (κ1) is 13.4. The molecule has 0 unspecified atom stereocenters. The fraction of sp³-hybridized carbons (Fsp3) is 0.400. The van der Waals surface area contributed by atoms with Gasteiger partial charge in [-0.15, -0.1) is 0 Å². The molecule has 0 aromatic carbocycles. The third-order valence-corrected chi connectivity index (χ3v) is 4.02. The van der Waals surface area contributed by atoms with E-state index in [0.29, 0.717) is 17.4 Å². The first-order valence-corrected chi connectivity index (χ1v) is 7.10. The molecule has 1 aliphatic rings. The molecular formula is C15H18N6. The number of anilines is 2. The molecule has 0 aliphatic carbocycles. The van der Waals surface area contributed by atoms with Gasteiger partial charge in [0.15, 0.2) is 0 Å². The number of pyridine rings is 1. The minimum atomic E-state index is 0.369. The Balaban J connectivity index is 1.75. The van der Waals surface area contributed by atoms with E-state index in [1.807, 2.05) is 29.9 Å². The van der Waals surface area contributed by atoms with Crippen LogP contribution in [0.5, 0.6) is 0 Å². The van der Waals surface area contributed by atoms with Crippen molar-refractivity contribution in [1.82, 2.24) is 14.8 Å². The van der Waals surface area contributed by atoms with E-state index in [1.54, 1.807) is 6.20 Å². The summed E-state index contributed by atoms with van der Waals surface area (Å²) < 4.78 is 1.95. The average Bonchev–Trinajstić information content (AvgIpc) is 2.94. The van der Waals surface area contributed by atoms with Crippen molar-refractivity contribution in [2.45, 2.75) is 25.8 Å². The normalized spacial score (nSPS) is 15.9. The Kier molecular flexibility index (Phi) is 3.48. The fourth-order valence-electron chi connectivity index (χ4n) is 2.82. The highest BCUT2D eigenvalue weighted by Gasteiger charge is 2.23. The van der Waals surface area contributed by atoms with Crippen molar-refractivity contribution < 1.29 is 0 Å². The van der Waals surface area contributed by atoms with Crippen molar-refractivity contribution in [1.29, 1.82) is 5.26 Å². The zero-order chi connectivity index (χ0) is 14.8. The molecule has 6 heteroatoms. The second-order valence-electron chi connectivity index (χ2n) is 5.38. The molecular weight excluding hydrogens is 264 g/mol. The summed E-state index contributed by atoms with van der Waals surface area (Å²) in [5.41, 5.74) is 7.33. The molecule has 0 saturated carbocycles. The summed E-state index contributed by atoms with van der Waals surface area (Å²) >= 11 is 0. The van der Waals surface area contributed by atoms with Crippen LogP contribution in [0, 0.1) is 18.3 Å². The Morgan fingerprint density at radius 2 is 2.10 bits per heavy atom. The van der Waals surface area contributed by atoms with Crippen LogP contribution in [-0.4, -0.2) is 27.9 Å². The molecule has 2 aromatic rings. The van der Waals surface area contributed by atoms with Gasteiger partial charge in [-0.05, 0) is 37.5 Å². The monoisotopic (exact) mass is 282 g/mol. The van der Waals surface area contributed by atoms with Crippen LogP contribution < -0.4 is 10.6 Å². The van der Waals surface area contributed by atoms with E-state index < -0.39 is 0 Å². The first-order valence-electron chi connectivity index (χ1n) is 7.10. The number of hydrogen-bond donors (Lipinski definition) is 1. The van der Waals surface area contributed by atoms with E-state index in [-0.39, 0.29) is 0 Å². The molecule has 2 N–H and O–H groups in total. The molecule has 0 radical (unpaired) electrons. The standard InChI is InChI=1S/C15H18N6/c1-11-2-6-18-15(13(11)10-16)20-7-3-12(4-8-20)21-9-5-14(17)19-21/h2,5-6,9,12H,3-4,7-8H2,1H3,(H2,17,19). The zero-order valence-corrected chi connectivity index (χ0v) is 12.0. The number of aryl methyl sites for hydroxylation is 1. The third kappa shape index (κ3) is 2.55. The molecule has 0 amide bonds. The van der Waals surface area contributed by atoms with Gasteiger partial charge in [0.05, 0.1) is 11.6 Å². The predicted molar refractivity (Wildman–Crippen MR) is 80.8 cm³/mol. The maximum atomic E-state index is 9.32. The average molecular weight is 282 g/mol. The lowest BCUT2D eigenvalue weighted by atomic mass is 10.0. The van der Waals surface area contributed by atoms with E-state index in [9.17, 15) is 5.26 Å². The molecule has 6 nitrogen and oxygen atoms in total. The highest BCUT2D eigenvalue weighted by atomic mass is 15.3. The predicted octanol–water partition coefficient (Wildman–Crippen LogP) is 1.88. The van der Waals surface area contributed by atoms with E-state index >= 15 is 0 Å². The van der Waals surface area contributed by atoms with Crippen LogP contribution in [0.1, 0.15) is 30.0 Å². The van der Waals surface area contributed by atoms with Gasteiger partial charge in [0.1, 0.15) is 17.7 Å². The Morgan fingerprint density at radius 3 is 2.71 bits per heavy atom. The van der Waals surface area contributed by atoms with Crippen LogP contribution in [0.4, 0.5) is 11.6 Å². The van der Waals surface area contributed by atoms with Crippen LogP contribution in [0.25, 0.3) is 0 Å². The number of piperidine rings is 1. The number of nitrogens with two attached hydrogens (primary N) is 1. The van der Waals surface area contributed by atoms with E-state index in [0.717, 1.165) is 37.3 Å². The highest BCUT2D eigenvalue weighted by molar-refractivity contribution is 5.57. The maximum absolute atomic E-state index is 9.32. The van der Waals surface area contributed by atoms with Crippen molar-refractivity contribution >= 4 is 11.6 Å². The molecule has 0 spiro atoms. The number of hydrogen-bond acceptors (Lipinski definition) is 5. The van der Waals surface area contributed by atoms with E-state index in [1.165, 1.54) is 0 Å². The van der Waals surface area contributed by atoms with Crippen LogP contribution in [-0.2, 0) is 0 Å². The van der Waals surface area contributed by atoms with E-state index in [2.05, 4.69) is 21.1 Å². The lowest BCUT2D eigenvalue weighted by molar-refractivity contribution is 0.366. The number of nitriles is 1. The second-order valence-corrected chi connectivity index (χ2v) is 5.38. The molecule has 21 heavy (non-hydrogen) atoms. The van der Waals surface area contributed by atoms with Gasteiger partial charge in [0.2, 0.25) is 0 Å². The van der Waals surface area contributed by atoms with Crippen LogP contribution in [0.2, 0.25) is 0 Å². The molecule has 3 heterocycles. The number of aromatic nitrogens is 3. The highest BCUT2D eigenvalue weighted by Crippen LogP contribution is 2.28. The largest absolute Gasteiger partial charge is 0.382 e. The molecule has 1 fully saturated rings. The number of nitrogens with zero attached hydrogens (tertiary/aromatic N) is 5. The minimum absolute atomic E-state index is 0.369. The van der Waals surface area contributed by atoms with Crippen molar-refractivity contribution in [3.63, 3.8) is 0 Å². The number of nitrogen functional groups attached to an aromatic ring is 1. The lowest BCUT2D eigenvalue weighted by Gasteiger charge is -2.33. The Hall–Kier alpha value is -2.55. The SMILES string of the molecule is Cc1ccnc(N2CCC(n3ccc(N)n3)CC2)c1C#N. The molecule has 3 rings (SSSR count). The Morgan fingerprint density at radius 1 is 1.33 bits per heavy atom. The summed E-state index contributed by atoms with van der Waals surface area (Å²) in [5.74, 6) is 1.36. The molecule has 0 atom stereocenters. The lowest BCUT2D eigenvalue weighted by Crippen LogP contribution is -2.36. The first-order chi connectivity index (χ1) is 10.2. The summed E-state index contributed by atoms with van der Waals surface area (Å²) in [5, 5.41) is 13.6. The van der Waals surface area contributed by atoms with Crippen LogP contribution >= 0.6 is 0 Å². The zero-order valence-electron chi connectivity index (χ0n) is 12.0. The smallest absolute Gasteiger partial charge is 0.146 e. The van der Waals surface area contributed by atoms with Gasteiger partial charge >= 0.3 is 0 Å². The van der Waals surface area contributed by atoms with Gasteiger partial charge in [-0.3, -0.25) is 4.68 Å². The van der Waals surface area contributed by atoms with Gasteiger partial charge < -0.3 is 10.6 Å². The minimum Gasteiger partial charge on any atom is -0.382 e. The maximum Gasteiger partial charge on any atom is 0.146 e. The molecule has 1 aliphatic heterocycles.